The van der Waals surface area contributed by atoms with Crippen LogP contribution in [0, 0.1) is 0 Å². The van der Waals surface area contributed by atoms with Gasteiger partial charge in [-0.2, -0.15) is 0 Å². The lowest BCUT2D eigenvalue weighted by atomic mass is 9.72. The van der Waals surface area contributed by atoms with E-state index in [4.69, 9.17) is 4.74 Å². The summed E-state index contributed by atoms with van der Waals surface area (Å²) in [6, 6.07) is 65.6. The molecule has 0 radical (unpaired) electrons. The number of hydrogen-bond donors (Lipinski definition) is 0. The Balaban J connectivity index is 1.11. The van der Waals surface area contributed by atoms with Crippen LogP contribution in [0.5, 0.6) is 11.5 Å². The van der Waals surface area contributed by atoms with Gasteiger partial charge < -0.3 is 14.5 Å². The third kappa shape index (κ3) is 4.88. The van der Waals surface area contributed by atoms with Crippen LogP contribution in [0.4, 0.5) is 34.1 Å². The highest BCUT2D eigenvalue weighted by Gasteiger charge is 2.42. The molecule has 11 rings (SSSR count). The number of fused-ring (bicyclic) bond motifs is 7. The van der Waals surface area contributed by atoms with E-state index in [0.29, 0.717) is 0 Å². The molecule has 0 bridgehead atoms. The summed E-state index contributed by atoms with van der Waals surface area (Å²) in [6.07, 6.45) is 0. The van der Waals surface area contributed by atoms with Crippen LogP contribution in [0.15, 0.2) is 182 Å². The number of hydrogen-bond acceptors (Lipinski definition) is 4. The van der Waals surface area contributed by atoms with Gasteiger partial charge in [-0.3, -0.25) is 0 Å². The van der Waals surface area contributed by atoms with Crippen LogP contribution in [-0.2, 0) is 5.41 Å². The predicted octanol–water partition coefficient (Wildman–Crippen LogP) is 15.1. The quantitative estimate of drug-likeness (QED) is 0.176. The molecule has 0 unspecified atom stereocenters. The smallest absolute Gasteiger partial charge is 0.159 e. The number of rotatable bonds is 5. The minimum absolute atomic E-state index is 0.242. The fourth-order valence-corrected chi connectivity index (χ4v) is 9.99. The van der Waals surface area contributed by atoms with Crippen LogP contribution in [0.25, 0.3) is 42.4 Å². The van der Waals surface area contributed by atoms with E-state index in [1.807, 2.05) is 11.3 Å². The molecule has 0 N–H and O–H groups in total. The maximum absolute atomic E-state index is 7.20. The summed E-state index contributed by atoms with van der Waals surface area (Å²) in [5.74, 6) is 1.74. The molecular weight excluding hydrogens is 689 g/mol. The lowest BCUT2D eigenvalue weighted by Crippen LogP contribution is -2.32. The van der Waals surface area contributed by atoms with Gasteiger partial charge in [0.05, 0.1) is 17.1 Å². The second kappa shape index (κ2) is 12.2. The van der Waals surface area contributed by atoms with Crippen molar-refractivity contribution < 1.29 is 4.74 Å². The Morgan fingerprint density at radius 1 is 0.509 bits per heavy atom. The molecule has 55 heavy (non-hydrogen) atoms. The van der Waals surface area contributed by atoms with Crippen LogP contribution in [0.1, 0.15) is 25.0 Å². The van der Waals surface area contributed by atoms with Crippen molar-refractivity contribution in [1.82, 2.24) is 0 Å². The van der Waals surface area contributed by atoms with Crippen LogP contribution in [-0.4, -0.2) is 0 Å². The minimum atomic E-state index is -0.242. The van der Waals surface area contributed by atoms with Crippen molar-refractivity contribution in [2.45, 2.75) is 19.3 Å². The first kappa shape index (κ1) is 31.9. The summed E-state index contributed by atoms with van der Waals surface area (Å²) >= 11 is 1.86. The van der Waals surface area contributed by atoms with Crippen molar-refractivity contribution in [3.63, 3.8) is 0 Å². The van der Waals surface area contributed by atoms with E-state index in [0.717, 1.165) is 45.5 Å². The molecule has 0 fully saturated rings. The van der Waals surface area contributed by atoms with Crippen LogP contribution >= 0.6 is 11.3 Å². The van der Waals surface area contributed by atoms with Crippen molar-refractivity contribution in [3.05, 3.63) is 193 Å². The second-order valence-electron chi connectivity index (χ2n) is 14.9. The molecule has 0 aliphatic carbocycles. The molecule has 2 aliphatic heterocycles. The maximum Gasteiger partial charge on any atom is 0.159 e. The van der Waals surface area contributed by atoms with Crippen molar-refractivity contribution >= 4 is 65.6 Å². The van der Waals surface area contributed by atoms with Gasteiger partial charge in [-0.1, -0.05) is 141 Å². The van der Waals surface area contributed by atoms with E-state index >= 15 is 0 Å². The predicted molar refractivity (Wildman–Crippen MR) is 232 cm³/mol. The van der Waals surface area contributed by atoms with Crippen molar-refractivity contribution in [2.24, 2.45) is 0 Å². The van der Waals surface area contributed by atoms with Crippen LogP contribution in [0.3, 0.4) is 0 Å². The largest absolute Gasteiger partial charge is 0.452 e. The Labute approximate surface area is 324 Å². The number of nitrogens with zero attached hydrogens (tertiary/aromatic N) is 2. The molecule has 8 aromatic carbocycles. The van der Waals surface area contributed by atoms with Gasteiger partial charge in [0.1, 0.15) is 0 Å². The van der Waals surface area contributed by atoms with Gasteiger partial charge in [0.25, 0.3) is 0 Å². The molecule has 3 heterocycles. The third-order valence-corrected chi connectivity index (χ3v) is 12.7. The molecule has 0 saturated carbocycles. The molecule has 4 heteroatoms. The van der Waals surface area contributed by atoms with E-state index in [1.54, 1.807) is 0 Å². The average molecular weight is 725 g/mol. The highest BCUT2D eigenvalue weighted by atomic mass is 32.1. The van der Waals surface area contributed by atoms with E-state index < -0.39 is 0 Å². The molecule has 0 spiro atoms. The summed E-state index contributed by atoms with van der Waals surface area (Å²) in [4.78, 5) is 4.80. The molecule has 262 valence electrons. The van der Waals surface area contributed by atoms with Gasteiger partial charge in [-0.25, -0.2) is 0 Å². The zero-order valence-corrected chi connectivity index (χ0v) is 31.3. The maximum atomic E-state index is 7.20. The molecule has 0 atom stereocenters. The topological polar surface area (TPSA) is 15.7 Å². The van der Waals surface area contributed by atoms with Gasteiger partial charge in [0.2, 0.25) is 0 Å². The lowest BCUT2D eigenvalue weighted by Gasteiger charge is -2.45. The fourth-order valence-electron chi connectivity index (χ4n) is 8.76. The fraction of sp³-hybridized carbons (Fsp3) is 0.0588. The summed E-state index contributed by atoms with van der Waals surface area (Å²) in [5, 5.41) is 2.58. The zero-order valence-electron chi connectivity index (χ0n) is 30.5. The monoisotopic (exact) mass is 724 g/mol. The highest BCUT2D eigenvalue weighted by Crippen LogP contribution is 2.63. The number of anilines is 6. The van der Waals surface area contributed by atoms with E-state index in [-0.39, 0.29) is 5.41 Å². The van der Waals surface area contributed by atoms with Gasteiger partial charge in [-0.15, -0.1) is 11.3 Å². The number of benzene rings is 8. The van der Waals surface area contributed by atoms with E-state index in [2.05, 4.69) is 206 Å². The van der Waals surface area contributed by atoms with Gasteiger partial charge in [0, 0.05) is 53.8 Å². The Kier molecular flexibility index (Phi) is 7.07. The highest BCUT2D eigenvalue weighted by molar-refractivity contribution is 7.26. The minimum Gasteiger partial charge on any atom is -0.452 e. The number of thiophene rings is 1. The Morgan fingerprint density at radius 3 is 2.02 bits per heavy atom. The van der Waals surface area contributed by atoms with Gasteiger partial charge >= 0.3 is 0 Å². The Hall–Kier alpha value is -6.62. The lowest BCUT2D eigenvalue weighted by molar-refractivity contribution is 0.473. The molecule has 2 aliphatic rings. The normalized spacial score (nSPS) is 13.5. The van der Waals surface area contributed by atoms with Crippen molar-refractivity contribution in [1.29, 1.82) is 0 Å². The second-order valence-corrected chi connectivity index (χ2v) is 16.0. The first-order valence-electron chi connectivity index (χ1n) is 18.8. The van der Waals surface area contributed by atoms with Crippen LogP contribution in [0.2, 0.25) is 0 Å². The first-order chi connectivity index (χ1) is 27.0. The zero-order chi connectivity index (χ0) is 36.7. The molecule has 3 nitrogen and oxygen atoms in total. The summed E-state index contributed by atoms with van der Waals surface area (Å²) in [6.45, 7) is 4.68. The Morgan fingerprint density at radius 2 is 1.18 bits per heavy atom. The molecule has 1 aromatic heterocycles. The van der Waals surface area contributed by atoms with Gasteiger partial charge in [-0.05, 0) is 76.9 Å². The summed E-state index contributed by atoms with van der Waals surface area (Å²) in [5.41, 5.74) is 13.5. The van der Waals surface area contributed by atoms with Crippen molar-refractivity contribution in [3.8, 4) is 33.8 Å². The molecule has 0 saturated heterocycles. The Bertz CT molecular complexity index is 2930. The van der Waals surface area contributed by atoms with E-state index in [9.17, 15) is 0 Å². The molecule has 9 aromatic rings. The van der Waals surface area contributed by atoms with Crippen molar-refractivity contribution in [2.75, 3.05) is 9.80 Å². The van der Waals surface area contributed by atoms with Crippen LogP contribution < -0.4 is 14.5 Å². The molecule has 0 amide bonds. The third-order valence-electron chi connectivity index (χ3n) is 11.4. The summed E-state index contributed by atoms with van der Waals surface area (Å²) in [7, 11) is 0. The number of ether oxygens (including phenoxy) is 1. The number of para-hydroxylation sites is 2. The van der Waals surface area contributed by atoms with E-state index in [1.165, 1.54) is 53.7 Å². The molecular formula is C51H36N2OS. The SMILES string of the molecule is CC1(C)c2ccccc2N2c3cc(N(c4ccccc4)c4ccc(-c5ccccc5)cc4)ccc3Oc3c(-c4cccc5c4sc4ccccc45)ccc1c32. The first-order valence-corrected chi connectivity index (χ1v) is 19.7. The van der Waals surface area contributed by atoms with Gasteiger partial charge in [0.15, 0.2) is 11.5 Å². The standard InChI is InChI=1S/C51H36N2OS/c1-51(2)42-21-10-11-22-44(42)53-45-32-37(52(35-16-7-4-8-17-35)36-26-24-34(25-27-36)33-14-5-3-6-15-33)28-31-46(45)54-49-39(29-30-43(51)48(49)53)41-20-13-19-40-38-18-9-12-23-47(38)55-50(40)41/h3-32H,1-2H3. The average Bonchev–Trinajstić information content (AvgIpc) is 3.62. The summed E-state index contributed by atoms with van der Waals surface area (Å²) < 4.78 is 9.77.